The summed E-state index contributed by atoms with van der Waals surface area (Å²) in [5, 5.41) is 3.36. The summed E-state index contributed by atoms with van der Waals surface area (Å²) in [4.78, 5) is 38.9. The number of hydrogen-bond donors (Lipinski definition) is 1. The molecule has 184 valence electrons. The number of urea groups is 1. The Hall–Kier alpha value is -3.52. The fourth-order valence-corrected chi connectivity index (χ4v) is 4.16. The van der Waals surface area contributed by atoms with Gasteiger partial charge in [-0.3, -0.25) is 14.9 Å². The zero-order chi connectivity index (χ0) is 25.8. The van der Waals surface area contributed by atoms with Crippen LogP contribution in [0.25, 0.3) is 6.08 Å². The number of hydrogen-bond acceptors (Lipinski definition) is 5. The molecule has 10 heteroatoms. The number of anilines is 1. The van der Waals surface area contributed by atoms with E-state index in [0.717, 1.165) is 10.5 Å². The van der Waals surface area contributed by atoms with Gasteiger partial charge in [-0.15, -0.1) is 0 Å². The maximum Gasteiger partial charge on any atom is 0.335 e. The minimum absolute atomic E-state index is 0.166. The lowest BCUT2D eigenvalue weighted by Crippen LogP contribution is -2.54. The number of amides is 4. The highest BCUT2D eigenvalue weighted by atomic mass is 35.5. The number of halogens is 3. The van der Waals surface area contributed by atoms with Gasteiger partial charge in [0.15, 0.2) is 11.5 Å². The van der Waals surface area contributed by atoms with Gasteiger partial charge in [-0.05, 0) is 55.0 Å². The van der Waals surface area contributed by atoms with Crippen molar-refractivity contribution in [2.45, 2.75) is 13.5 Å². The summed E-state index contributed by atoms with van der Waals surface area (Å²) >= 11 is 18.3. The highest BCUT2D eigenvalue weighted by molar-refractivity contribution is 6.42. The number of nitrogens with one attached hydrogen (secondary N) is 1. The standard InChI is InChI=1S/C26H19Cl3N2O5/c1-2-35-23-12-15(7-10-22(23)36-14-16-8-9-17(27)13-20(16)29)11-18-24(32)30-26(34)31(25(18)33)21-6-4-3-5-19(21)28/h3-13H,2,14H2,1H3,(H,30,32,34)/b18-11+. The van der Waals surface area contributed by atoms with Gasteiger partial charge in [0.05, 0.1) is 17.3 Å². The van der Waals surface area contributed by atoms with Crippen molar-refractivity contribution in [2.24, 2.45) is 0 Å². The fraction of sp³-hybridized carbons (Fsp3) is 0.115. The first kappa shape index (κ1) is 25.6. The van der Waals surface area contributed by atoms with Gasteiger partial charge >= 0.3 is 6.03 Å². The van der Waals surface area contributed by atoms with Gasteiger partial charge in [0.25, 0.3) is 11.8 Å². The molecule has 1 saturated heterocycles. The molecule has 1 fully saturated rings. The Balaban J connectivity index is 1.62. The molecule has 4 rings (SSSR count). The Labute approximate surface area is 222 Å². The van der Waals surface area contributed by atoms with E-state index in [2.05, 4.69) is 5.32 Å². The summed E-state index contributed by atoms with van der Waals surface area (Å²) in [5.74, 6) is -0.770. The summed E-state index contributed by atoms with van der Waals surface area (Å²) in [6.07, 6.45) is 1.37. The molecule has 36 heavy (non-hydrogen) atoms. The van der Waals surface area contributed by atoms with E-state index < -0.39 is 17.8 Å². The van der Waals surface area contributed by atoms with Gasteiger partial charge in [-0.25, -0.2) is 9.69 Å². The SMILES string of the molecule is CCOc1cc(/C=C2\C(=O)NC(=O)N(c3ccccc3Cl)C2=O)ccc1OCc1ccc(Cl)cc1Cl. The lowest BCUT2D eigenvalue weighted by atomic mass is 10.1. The summed E-state index contributed by atoms with van der Waals surface area (Å²) in [6, 6.07) is 15.5. The van der Waals surface area contributed by atoms with Crippen LogP contribution in [0, 0.1) is 0 Å². The van der Waals surface area contributed by atoms with Crippen LogP contribution >= 0.6 is 34.8 Å². The van der Waals surface area contributed by atoms with Crippen LogP contribution in [0.5, 0.6) is 11.5 Å². The van der Waals surface area contributed by atoms with Crippen LogP contribution in [-0.4, -0.2) is 24.5 Å². The molecule has 0 unspecified atom stereocenters. The van der Waals surface area contributed by atoms with Crippen molar-refractivity contribution in [1.82, 2.24) is 5.32 Å². The summed E-state index contributed by atoms with van der Waals surface area (Å²) in [5.41, 5.74) is 1.16. The molecule has 0 spiro atoms. The number of benzene rings is 3. The molecule has 0 aliphatic carbocycles. The molecule has 0 aromatic heterocycles. The minimum Gasteiger partial charge on any atom is -0.490 e. The van der Waals surface area contributed by atoms with Crippen molar-refractivity contribution in [3.63, 3.8) is 0 Å². The number of para-hydroxylation sites is 1. The average Bonchev–Trinajstić information content (AvgIpc) is 2.83. The smallest absolute Gasteiger partial charge is 0.335 e. The quantitative estimate of drug-likeness (QED) is 0.279. The van der Waals surface area contributed by atoms with Crippen LogP contribution in [0.4, 0.5) is 10.5 Å². The molecule has 3 aromatic rings. The highest BCUT2D eigenvalue weighted by Gasteiger charge is 2.37. The van der Waals surface area contributed by atoms with Gasteiger partial charge in [-0.2, -0.15) is 0 Å². The molecule has 0 bridgehead atoms. The van der Waals surface area contributed by atoms with Crippen LogP contribution in [0.15, 0.2) is 66.2 Å². The molecule has 3 aromatic carbocycles. The van der Waals surface area contributed by atoms with E-state index >= 15 is 0 Å². The summed E-state index contributed by atoms with van der Waals surface area (Å²) in [7, 11) is 0. The van der Waals surface area contributed by atoms with E-state index in [9.17, 15) is 14.4 Å². The predicted molar refractivity (Wildman–Crippen MR) is 139 cm³/mol. The molecule has 4 amide bonds. The van der Waals surface area contributed by atoms with Crippen molar-refractivity contribution in [2.75, 3.05) is 11.5 Å². The Kier molecular flexibility index (Phi) is 7.84. The van der Waals surface area contributed by atoms with E-state index in [1.807, 2.05) is 6.92 Å². The monoisotopic (exact) mass is 544 g/mol. The molecule has 0 radical (unpaired) electrons. The summed E-state index contributed by atoms with van der Waals surface area (Å²) < 4.78 is 11.6. The molecule has 1 heterocycles. The molecule has 1 N–H and O–H groups in total. The van der Waals surface area contributed by atoms with E-state index in [1.165, 1.54) is 12.1 Å². The van der Waals surface area contributed by atoms with Gasteiger partial charge in [-0.1, -0.05) is 59.1 Å². The van der Waals surface area contributed by atoms with E-state index in [0.29, 0.717) is 33.7 Å². The molecule has 1 aliphatic rings. The van der Waals surface area contributed by atoms with E-state index in [-0.39, 0.29) is 22.9 Å². The Morgan fingerprint density at radius 2 is 1.67 bits per heavy atom. The predicted octanol–water partition coefficient (Wildman–Crippen LogP) is 6.29. The number of ether oxygens (including phenoxy) is 2. The van der Waals surface area contributed by atoms with Gasteiger partial charge in [0.1, 0.15) is 12.2 Å². The normalized spacial score (nSPS) is 14.7. The zero-order valence-corrected chi connectivity index (χ0v) is 21.2. The molecule has 7 nitrogen and oxygen atoms in total. The zero-order valence-electron chi connectivity index (χ0n) is 18.9. The molecule has 1 aliphatic heterocycles. The van der Waals surface area contributed by atoms with Crippen LogP contribution in [0.1, 0.15) is 18.1 Å². The number of rotatable bonds is 7. The second-order valence-electron chi connectivity index (χ2n) is 7.57. The van der Waals surface area contributed by atoms with Gasteiger partial charge in [0.2, 0.25) is 0 Å². The molecular formula is C26H19Cl3N2O5. The molecule has 0 atom stereocenters. The molecular weight excluding hydrogens is 527 g/mol. The number of carbonyl (C=O) groups is 3. The van der Waals surface area contributed by atoms with Crippen LogP contribution in [0.3, 0.4) is 0 Å². The fourth-order valence-electron chi connectivity index (χ4n) is 3.47. The third kappa shape index (κ3) is 5.49. The number of imide groups is 2. The summed E-state index contributed by atoms with van der Waals surface area (Å²) in [6.45, 7) is 2.34. The van der Waals surface area contributed by atoms with Gasteiger partial charge in [0, 0.05) is 15.6 Å². The van der Waals surface area contributed by atoms with Crippen molar-refractivity contribution in [1.29, 1.82) is 0 Å². The number of barbiturate groups is 1. The van der Waals surface area contributed by atoms with Crippen molar-refractivity contribution in [3.8, 4) is 11.5 Å². The van der Waals surface area contributed by atoms with Crippen molar-refractivity contribution >= 4 is 64.4 Å². The lowest BCUT2D eigenvalue weighted by Gasteiger charge is -2.27. The molecule has 0 saturated carbocycles. The van der Waals surface area contributed by atoms with Crippen molar-refractivity contribution < 1.29 is 23.9 Å². The third-order valence-corrected chi connectivity index (χ3v) is 6.08. The van der Waals surface area contributed by atoms with E-state index in [4.69, 9.17) is 44.3 Å². The van der Waals surface area contributed by atoms with Crippen LogP contribution in [0.2, 0.25) is 15.1 Å². The first-order chi connectivity index (χ1) is 17.3. The van der Waals surface area contributed by atoms with E-state index in [1.54, 1.807) is 54.6 Å². The average molecular weight is 546 g/mol. The number of carbonyl (C=O) groups excluding carboxylic acids is 3. The maximum absolute atomic E-state index is 13.1. The third-order valence-electron chi connectivity index (χ3n) is 5.17. The lowest BCUT2D eigenvalue weighted by molar-refractivity contribution is -0.122. The van der Waals surface area contributed by atoms with Crippen LogP contribution < -0.4 is 19.7 Å². The van der Waals surface area contributed by atoms with Crippen molar-refractivity contribution in [3.05, 3.63) is 92.4 Å². The van der Waals surface area contributed by atoms with Crippen LogP contribution in [-0.2, 0) is 16.2 Å². The number of nitrogens with zero attached hydrogens (tertiary/aromatic N) is 1. The largest absolute Gasteiger partial charge is 0.490 e. The first-order valence-corrected chi connectivity index (χ1v) is 11.9. The second kappa shape index (κ2) is 11.0. The topological polar surface area (TPSA) is 84.9 Å². The van der Waals surface area contributed by atoms with Gasteiger partial charge < -0.3 is 9.47 Å². The highest BCUT2D eigenvalue weighted by Crippen LogP contribution is 2.33. The maximum atomic E-state index is 13.1. The Morgan fingerprint density at radius 3 is 2.39 bits per heavy atom. The first-order valence-electron chi connectivity index (χ1n) is 10.8. The second-order valence-corrected chi connectivity index (χ2v) is 8.82. The Bertz CT molecular complexity index is 1390. The Morgan fingerprint density at radius 1 is 0.889 bits per heavy atom. The minimum atomic E-state index is -0.880.